The summed E-state index contributed by atoms with van der Waals surface area (Å²) >= 11 is 0. The van der Waals surface area contributed by atoms with Gasteiger partial charge in [0.1, 0.15) is 11.6 Å². The molecule has 1 aliphatic rings. The van der Waals surface area contributed by atoms with Crippen LogP contribution in [0.3, 0.4) is 0 Å². The Morgan fingerprint density at radius 1 is 1.24 bits per heavy atom. The lowest BCUT2D eigenvalue weighted by molar-refractivity contribution is 0.554. The molecule has 2 N–H and O–H groups in total. The maximum absolute atomic E-state index is 13.1. The van der Waals surface area contributed by atoms with Gasteiger partial charge in [0.2, 0.25) is 0 Å². The van der Waals surface area contributed by atoms with E-state index in [-0.39, 0.29) is 11.4 Å². The van der Waals surface area contributed by atoms with E-state index in [0.29, 0.717) is 12.4 Å². The molecule has 1 aromatic heterocycles. The summed E-state index contributed by atoms with van der Waals surface area (Å²) in [5.41, 5.74) is 1.94. The molecule has 0 saturated heterocycles. The highest BCUT2D eigenvalue weighted by atomic mass is 19.1. The zero-order valence-electron chi connectivity index (χ0n) is 12.2. The van der Waals surface area contributed by atoms with E-state index >= 15 is 0 Å². The molecule has 21 heavy (non-hydrogen) atoms. The number of aromatic amines is 1. The van der Waals surface area contributed by atoms with Crippen LogP contribution in [-0.2, 0) is 18.4 Å². The van der Waals surface area contributed by atoms with Crippen molar-refractivity contribution in [3.05, 3.63) is 63.1 Å². The van der Waals surface area contributed by atoms with Gasteiger partial charge in [0.05, 0.1) is 11.3 Å². The summed E-state index contributed by atoms with van der Waals surface area (Å²) in [5, 5.41) is 3.18. The summed E-state index contributed by atoms with van der Waals surface area (Å²) < 4.78 is 13.1. The number of benzene rings is 1. The Hall–Kier alpha value is -2.01. The zero-order chi connectivity index (χ0) is 15.0. The SMILES string of the molecule is CC(C)(c1ccc(F)cc1)c1nc2c(c(=O)[nH]1)CNCC2. The molecule has 0 bridgehead atoms. The van der Waals surface area contributed by atoms with Crippen LogP contribution in [0.5, 0.6) is 0 Å². The highest BCUT2D eigenvalue weighted by Crippen LogP contribution is 2.29. The number of hydrogen-bond donors (Lipinski definition) is 2. The Bertz CT molecular complexity index is 719. The Morgan fingerprint density at radius 2 is 1.95 bits per heavy atom. The van der Waals surface area contributed by atoms with Gasteiger partial charge in [-0.1, -0.05) is 12.1 Å². The Morgan fingerprint density at radius 3 is 2.67 bits per heavy atom. The Kier molecular flexibility index (Phi) is 3.37. The van der Waals surface area contributed by atoms with Crippen molar-refractivity contribution in [2.45, 2.75) is 32.2 Å². The lowest BCUT2D eigenvalue weighted by Gasteiger charge is -2.26. The molecule has 1 aliphatic heterocycles. The van der Waals surface area contributed by atoms with Gasteiger partial charge in [-0.3, -0.25) is 4.79 Å². The molecule has 110 valence electrons. The second-order valence-electron chi connectivity index (χ2n) is 5.90. The normalized spacial score (nSPS) is 14.8. The third kappa shape index (κ3) is 2.49. The van der Waals surface area contributed by atoms with Crippen LogP contribution in [0.25, 0.3) is 0 Å². The molecule has 0 saturated carbocycles. The van der Waals surface area contributed by atoms with Gasteiger partial charge in [-0.05, 0) is 31.5 Å². The minimum Gasteiger partial charge on any atom is -0.312 e. The van der Waals surface area contributed by atoms with Crippen molar-refractivity contribution in [1.82, 2.24) is 15.3 Å². The van der Waals surface area contributed by atoms with Crippen LogP contribution in [0.2, 0.25) is 0 Å². The molecule has 0 fully saturated rings. The van der Waals surface area contributed by atoms with E-state index in [1.54, 1.807) is 12.1 Å². The Labute approximate surface area is 122 Å². The second-order valence-corrected chi connectivity index (χ2v) is 5.90. The lowest BCUT2D eigenvalue weighted by Crippen LogP contribution is -2.35. The molecule has 1 aromatic carbocycles. The number of fused-ring (bicyclic) bond motifs is 1. The summed E-state index contributed by atoms with van der Waals surface area (Å²) in [6.07, 6.45) is 0.756. The summed E-state index contributed by atoms with van der Waals surface area (Å²) in [5.74, 6) is 0.354. The predicted molar refractivity (Wildman–Crippen MR) is 78.8 cm³/mol. The largest absolute Gasteiger partial charge is 0.312 e. The Balaban J connectivity index is 2.08. The third-order valence-corrected chi connectivity index (χ3v) is 4.10. The minimum absolute atomic E-state index is 0.0858. The van der Waals surface area contributed by atoms with E-state index < -0.39 is 5.41 Å². The van der Waals surface area contributed by atoms with Crippen LogP contribution < -0.4 is 10.9 Å². The summed E-state index contributed by atoms with van der Waals surface area (Å²) in [6, 6.07) is 6.32. The fourth-order valence-corrected chi connectivity index (χ4v) is 2.65. The molecule has 4 nitrogen and oxygen atoms in total. The number of aromatic nitrogens is 2. The highest BCUT2D eigenvalue weighted by Gasteiger charge is 2.28. The maximum Gasteiger partial charge on any atom is 0.255 e. The monoisotopic (exact) mass is 287 g/mol. The number of halogens is 1. The van der Waals surface area contributed by atoms with Crippen molar-refractivity contribution >= 4 is 0 Å². The van der Waals surface area contributed by atoms with E-state index in [2.05, 4.69) is 15.3 Å². The van der Waals surface area contributed by atoms with Crippen molar-refractivity contribution in [3.8, 4) is 0 Å². The van der Waals surface area contributed by atoms with Gasteiger partial charge >= 0.3 is 0 Å². The predicted octanol–water partition coefficient (Wildman–Crippen LogP) is 1.88. The first kappa shape index (κ1) is 13.9. The second kappa shape index (κ2) is 5.07. The smallest absolute Gasteiger partial charge is 0.255 e. The molecule has 0 atom stereocenters. The quantitative estimate of drug-likeness (QED) is 0.886. The first-order chi connectivity index (χ1) is 9.98. The fraction of sp³-hybridized carbons (Fsp3) is 0.375. The van der Waals surface area contributed by atoms with Crippen molar-refractivity contribution in [3.63, 3.8) is 0 Å². The molecule has 0 radical (unpaired) electrons. The van der Waals surface area contributed by atoms with E-state index in [1.807, 2.05) is 13.8 Å². The molecule has 2 aromatic rings. The van der Waals surface area contributed by atoms with Gasteiger partial charge in [-0.2, -0.15) is 0 Å². The highest BCUT2D eigenvalue weighted by molar-refractivity contribution is 5.32. The molecule has 2 heterocycles. The third-order valence-electron chi connectivity index (χ3n) is 4.10. The molecule has 3 rings (SSSR count). The average Bonchev–Trinajstić information content (AvgIpc) is 2.47. The molecule has 0 amide bonds. The van der Waals surface area contributed by atoms with Crippen molar-refractivity contribution < 1.29 is 4.39 Å². The maximum atomic E-state index is 13.1. The van der Waals surface area contributed by atoms with Gasteiger partial charge < -0.3 is 10.3 Å². The van der Waals surface area contributed by atoms with Gasteiger partial charge in [0, 0.05) is 24.9 Å². The van der Waals surface area contributed by atoms with E-state index in [4.69, 9.17) is 0 Å². The van der Waals surface area contributed by atoms with Crippen molar-refractivity contribution in [2.24, 2.45) is 0 Å². The van der Waals surface area contributed by atoms with Crippen LogP contribution >= 0.6 is 0 Å². The molecular weight excluding hydrogens is 269 g/mol. The van der Waals surface area contributed by atoms with Gasteiger partial charge in [0.25, 0.3) is 5.56 Å². The number of nitrogens with zero attached hydrogens (tertiary/aromatic N) is 1. The molecule has 0 spiro atoms. The molecule has 5 heteroatoms. The molecule has 0 unspecified atom stereocenters. The minimum atomic E-state index is -0.479. The average molecular weight is 287 g/mol. The van der Waals surface area contributed by atoms with E-state index in [9.17, 15) is 9.18 Å². The summed E-state index contributed by atoms with van der Waals surface area (Å²) in [7, 11) is 0. The van der Waals surface area contributed by atoms with Crippen LogP contribution in [0.1, 0.15) is 36.5 Å². The first-order valence-electron chi connectivity index (χ1n) is 7.08. The van der Waals surface area contributed by atoms with Gasteiger partial charge in [-0.15, -0.1) is 0 Å². The molecule has 0 aliphatic carbocycles. The van der Waals surface area contributed by atoms with Gasteiger partial charge in [0.15, 0.2) is 0 Å². The van der Waals surface area contributed by atoms with Crippen molar-refractivity contribution in [2.75, 3.05) is 6.54 Å². The molecular formula is C16H18FN3O. The number of H-pyrrole nitrogens is 1. The van der Waals surface area contributed by atoms with Crippen LogP contribution in [0.4, 0.5) is 4.39 Å². The zero-order valence-corrected chi connectivity index (χ0v) is 12.2. The van der Waals surface area contributed by atoms with E-state index in [1.165, 1.54) is 12.1 Å². The van der Waals surface area contributed by atoms with Crippen LogP contribution in [0, 0.1) is 5.82 Å². The first-order valence-corrected chi connectivity index (χ1v) is 7.08. The van der Waals surface area contributed by atoms with Crippen LogP contribution in [-0.4, -0.2) is 16.5 Å². The van der Waals surface area contributed by atoms with Gasteiger partial charge in [-0.25, -0.2) is 9.37 Å². The van der Waals surface area contributed by atoms with Crippen LogP contribution in [0.15, 0.2) is 29.1 Å². The standard InChI is InChI=1S/C16H18FN3O/c1-16(2,10-3-5-11(17)6-4-10)15-19-13-7-8-18-9-12(13)14(21)20-15/h3-6,18H,7-9H2,1-2H3,(H,19,20,21). The fourth-order valence-electron chi connectivity index (χ4n) is 2.65. The summed E-state index contributed by atoms with van der Waals surface area (Å²) in [6.45, 7) is 5.35. The van der Waals surface area contributed by atoms with E-state index in [0.717, 1.165) is 29.8 Å². The van der Waals surface area contributed by atoms with Crippen molar-refractivity contribution in [1.29, 1.82) is 0 Å². The summed E-state index contributed by atoms with van der Waals surface area (Å²) in [4.78, 5) is 19.8. The number of hydrogen-bond acceptors (Lipinski definition) is 3. The lowest BCUT2D eigenvalue weighted by atomic mass is 9.83. The number of nitrogens with one attached hydrogen (secondary N) is 2. The number of rotatable bonds is 2. The topological polar surface area (TPSA) is 57.8 Å².